The van der Waals surface area contributed by atoms with E-state index in [1.807, 2.05) is 19.9 Å². The highest BCUT2D eigenvalue weighted by atomic mass is 35.5. The molecule has 2 aromatic rings. The molecule has 0 aliphatic carbocycles. The first kappa shape index (κ1) is 16.0. The number of rotatable bonds is 6. The lowest BCUT2D eigenvalue weighted by Crippen LogP contribution is -2.34. The number of amides is 1. The van der Waals surface area contributed by atoms with Gasteiger partial charge in [0.2, 0.25) is 0 Å². The highest BCUT2D eigenvalue weighted by Gasteiger charge is 2.20. The van der Waals surface area contributed by atoms with Crippen molar-refractivity contribution in [2.45, 2.75) is 20.3 Å². The molecule has 0 saturated carbocycles. The molecule has 5 nitrogen and oxygen atoms in total. The summed E-state index contributed by atoms with van der Waals surface area (Å²) in [6.07, 6.45) is 0.616. The largest absolute Gasteiger partial charge is 0.396 e. The highest BCUT2D eigenvalue weighted by Crippen LogP contribution is 2.31. The minimum Gasteiger partial charge on any atom is -0.396 e. The number of carbonyl (C=O) groups is 1. The van der Waals surface area contributed by atoms with E-state index in [1.165, 1.54) is 11.3 Å². The van der Waals surface area contributed by atoms with Crippen LogP contribution in [0.5, 0.6) is 0 Å². The molecule has 2 rings (SSSR count). The van der Waals surface area contributed by atoms with Crippen molar-refractivity contribution in [1.82, 2.24) is 10.5 Å². The first-order valence-electron chi connectivity index (χ1n) is 6.53. The zero-order valence-electron chi connectivity index (χ0n) is 11.9. The van der Waals surface area contributed by atoms with Crippen LogP contribution in [0.3, 0.4) is 0 Å². The summed E-state index contributed by atoms with van der Waals surface area (Å²) in [5, 5.41) is 15.5. The Kier molecular flexibility index (Phi) is 5.03. The lowest BCUT2D eigenvalue weighted by atomic mass is 9.90. The van der Waals surface area contributed by atoms with Gasteiger partial charge in [0, 0.05) is 19.2 Å². The summed E-state index contributed by atoms with van der Waals surface area (Å²) in [5.41, 5.74) is 0.0625. The Morgan fingerprint density at radius 2 is 2.29 bits per heavy atom. The number of halogens is 1. The zero-order valence-corrected chi connectivity index (χ0v) is 13.4. The zero-order chi connectivity index (χ0) is 15.5. The van der Waals surface area contributed by atoms with E-state index in [-0.39, 0.29) is 23.6 Å². The molecule has 2 N–H and O–H groups in total. The van der Waals surface area contributed by atoms with Crippen molar-refractivity contribution >= 4 is 28.8 Å². The average Bonchev–Trinajstić information content (AvgIpc) is 3.04. The predicted molar refractivity (Wildman–Crippen MR) is 82.6 cm³/mol. The Morgan fingerprint density at radius 1 is 1.52 bits per heavy atom. The second-order valence-electron chi connectivity index (χ2n) is 5.50. The van der Waals surface area contributed by atoms with Gasteiger partial charge in [-0.3, -0.25) is 4.79 Å². The third-order valence-electron chi connectivity index (χ3n) is 3.07. The van der Waals surface area contributed by atoms with E-state index in [2.05, 4.69) is 10.5 Å². The van der Waals surface area contributed by atoms with E-state index in [0.29, 0.717) is 23.1 Å². The van der Waals surface area contributed by atoms with Gasteiger partial charge in [-0.1, -0.05) is 30.6 Å². The Balaban J connectivity index is 1.99. The fourth-order valence-electron chi connectivity index (χ4n) is 1.75. The number of aliphatic hydroxyl groups excluding tert-OH is 1. The Bertz CT molecular complexity index is 621. The maximum absolute atomic E-state index is 12.0. The highest BCUT2D eigenvalue weighted by molar-refractivity contribution is 7.19. The van der Waals surface area contributed by atoms with Crippen molar-refractivity contribution in [3.05, 3.63) is 28.2 Å². The number of nitrogens with zero attached hydrogens (tertiary/aromatic N) is 1. The number of aliphatic hydroxyl groups is 1. The lowest BCUT2D eigenvalue weighted by Gasteiger charge is -2.23. The fraction of sp³-hybridized carbons (Fsp3) is 0.429. The second-order valence-corrected chi connectivity index (χ2v) is 7.22. The van der Waals surface area contributed by atoms with Crippen molar-refractivity contribution in [1.29, 1.82) is 0 Å². The summed E-state index contributed by atoms with van der Waals surface area (Å²) in [6.45, 7) is 4.51. The van der Waals surface area contributed by atoms with Gasteiger partial charge in [-0.25, -0.2) is 0 Å². The smallest absolute Gasteiger partial charge is 0.273 e. The molecule has 2 heterocycles. The normalized spacial score (nSPS) is 11.6. The van der Waals surface area contributed by atoms with E-state index in [0.717, 1.165) is 4.88 Å². The summed E-state index contributed by atoms with van der Waals surface area (Å²) in [4.78, 5) is 12.9. The van der Waals surface area contributed by atoms with Crippen molar-refractivity contribution < 1.29 is 14.4 Å². The van der Waals surface area contributed by atoms with Crippen molar-refractivity contribution in [2.24, 2.45) is 5.41 Å². The van der Waals surface area contributed by atoms with Crippen LogP contribution in [0.1, 0.15) is 30.8 Å². The van der Waals surface area contributed by atoms with Crippen LogP contribution in [0.4, 0.5) is 0 Å². The van der Waals surface area contributed by atoms with Gasteiger partial charge in [0.05, 0.1) is 9.21 Å². The first-order valence-corrected chi connectivity index (χ1v) is 7.72. The van der Waals surface area contributed by atoms with E-state index in [4.69, 9.17) is 21.2 Å². The maximum Gasteiger partial charge on any atom is 0.273 e. The first-order chi connectivity index (χ1) is 9.91. The standard InChI is InChI=1S/C14H17ClN2O3S/c1-14(2,5-6-18)8-16-13(19)9-7-10(20-17-9)11-3-4-12(15)21-11/h3-4,7,18H,5-6,8H2,1-2H3,(H,16,19). The quantitative estimate of drug-likeness (QED) is 0.854. The lowest BCUT2D eigenvalue weighted by molar-refractivity contribution is 0.0919. The van der Waals surface area contributed by atoms with Gasteiger partial charge in [-0.15, -0.1) is 11.3 Å². The third-order valence-corrected chi connectivity index (χ3v) is 4.32. The molecule has 2 aromatic heterocycles. The van der Waals surface area contributed by atoms with Gasteiger partial charge in [0.15, 0.2) is 11.5 Å². The SMILES string of the molecule is CC(C)(CCO)CNC(=O)c1cc(-c2ccc(Cl)s2)on1. The minimum atomic E-state index is -0.293. The molecular weight excluding hydrogens is 312 g/mol. The van der Waals surface area contributed by atoms with E-state index < -0.39 is 0 Å². The number of hydrogen-bond acceptors (Lipinski definition) is 5. The van der Waals surface area contributed by atoms with Gasteiger partial charge in [0.1, 0.15) is 0 Å². The molecule has 0 spiro atoms. The van der Waals surface area contributed by atoms with Gasteiger partial charge in [-0.05, 0) is 24.0 Å². The molecule has 1 amide bonds. The molecule has 0 fully saturated rings. The van der Waals surface area contributed by atoms with Crippen LogP contribution >= 0.6 is 22.9 Å². The Morgan fingerprint density at radius 3 is 2.90 bits per heavy atom. The molecule has 0 atom stereocenters. The molecule has 21 heavy (non-hydrogen) atoms. The molecular formula is C14H17ClN2O3S. The third kappa shape index (κ3) is 4.30. The summed E-state index contributed by atoms with van der Waals surface area (Å²) < 4.78 is 5.82. The van der Waals surface area contributed by atoms with Gasteiger partial charge >= 0.3 is 0 Å². The van der Waals surface area contributed by atoms with E-state index in [1.54, 1.807) is 12.1 Å². The van der Waals surface area contributed by atoms with Crippen LogP contribution < -0.4 is 5.32 Å². The molecule has 0 radical (unpaired) electrons. The maximum atomic E-state index is 12.0. The summed E-state index contributed by atoms with van der Waals surface area (Å²) in [6, 6.07) is 5.18. The molecule has 0 aromatic carbocycles. The van der Waals surface area contributed by atoms with Crippen molar-refractivity contribution in [2.75, 3.05) is 13.2 Å². The average molecular weight is 329 g/mol. The predicted octanol–water partition coefficient (Wildman–Crippen LogP) is 3.19. The van der Waals surface area contributed by atoms with E-state index in [9.17, 15) is 4.79 Å². The van der Waals surface area contributed by atoms with Crippen LogP contribution in [0.15, 0.2) is 22.7 Å². The molecule has 0 aliphatic rings. The fourth-order valence-corrected chi connectivity index (χ4v) is 2.74. The van der Waals surface area contributed by atoms with Crippen LogP contribution in [-0.4, -0.2) is 29.3 Å². The summed E-state index contributed by atoms with van der Waals surface area (Å²) in [7, 11) is 0. The van der Waals surface area contributed by atoms with Gasteiger partial charge in [-0.2, -0.15) is 0 Å². The van der Waals surface area contributed by atoms with Crippen molar-refractivity contribution in [3.63, 3.8) is 0 Å². The molecule has 114 valence electrons. The van der Waals surface area contributed by atoms with Crippen LogP contribution in [0.25, 0.3) is 10.6 Å². The second kappa shape index (κ2) is 6.60. The summed E-state index contributed by atoms with van der Waals surface area (Å²) >= 11 is 7.23. The van der Waals surface area contributed by atoms with Gasteiger partial charge < -0.3 is 14.9 Å². The number of nitrogens with one attached hydrogen (secondary N) is 1. The topological polar surface area (TPSA) is 75.4 Å². The van der Waals surface area contributed by atoms with Gasteiger partial charge in [0.25, 0.3) is 5.91 Å². The minimum absolute atomic E-state index is 0.0934. The Hall–Kier alpha value is -1.37. The number of hydrogen-bond donors (Lipinski definition) is 2. The Labute approximate surface area is 131 Å². The van der Waals surface area contributed by atoms with Crippen LogP contribution in [0.2, 0.25) is 4.34 Å². The molecule has 0 aliphatic heterocycles. The van der Waals surface area contributed by atoms with E-state index >= 15 is 0 Å². The monoisotopic (exact) mass is 328 g/mol. The van der Waals surface area contributed by atoms with Crippen LogP contribution in [0, 0.1) is 5.41 Å². The summed E-state index contributed by atoms with van der Waals surface area (Å²) in [5.74, 6) is 0.227. The van der Waals surface area contributed by atoms with Crippen LogP contribution in [-0.2, 0) is 0 Å². The van der Waals surface area contributed by atoms with Crippen molar-refractivity contribution in [3.8, 4) is 10.6 Å². The molecule has 7 heteroatoms. The molecule has 0 saturated heterocycles. The number of aromatic nitrogens is 1. The molecule has 0 unspecified atom stereocenters. The number of thiophene rings is 1. The molecule has 0 bridgehead atoms. The number of carbonyl (C=O) groups excluding carboxylic acids is 1.